The lowest BCUT2D eigenvalue weighted by molar-refractivity contribution is -0.165. The molecule has 8 heteroatoms. The number of aliphatic carboxylic acids is 3. The van der Waals surface area contributed by atoms with Crippen LogP contribution in [0.3, 0.4) is 0 Å². The number of hydrogen-bond donors (Lipinski definition) is 5. The molecule has 0 bridgehead atoms. The molecule has 0 amide bonds. The average molecular weight is 210 g/mol. The number of aliphatic hydroxyl groups is 2. The molecule has 2 atom stereocenters. The number of carboxylic acid groups (broad SMARTS) is 3. The van der Waals surface area contributed by atoms with Crippen molar-refractivity contribution < 1.29 is 39.9 Å². The quantitative estimate of drug-likeness (QED) is 0.357. The molecule has 2 unspecified atom stereocenters. The molecule has 0 aliphatic heterocycles. The van der Waals surface area contributed by atoms with Gasteiger partial charge >= 0.3 is 11.9 Å². The second-order valence-electron chi connectivity index (χ2n) is 2.09. The molecule has 82 valence electrons. The van der Waals surface area contributed by atoms with E-state index >= 15 is 0 Å². The molecule has 8 nitrogen and oxygen atoms in total. The Morgan fingerprint density at radius 2 is 1.00 bits per heavy atom. The van der Waals surface area contributed by atoms with Crippen molar-refractivity contribution in [3.8, 4) is 0 Å². The number of rotatable bonds is 3. The van der Waals surface area contributed by atoms with Crippen LogP contribution in [0.1, 0.15) is 6.92 Å². The van der Waals surface area contributed by atoms with Crippen LogP contribution in [0, 0.1) is 0 Å². The van der Waals surface area contributed by atoms with E-state index in [0.29, 0.717) is 0 Å². The maximum atomic E-state index is 9.77. The van der Waals surface area contributed by atoms with E-state index in [9.17, 15) is 9.59 Å². The Morgan fingerprint density at radius 3 is 1.07 bits per heavy atom. The van der Waals surface area contributed by atoms with E-state index in [2.05, 4.69) is 0 Å². The van der Waals surface area contributed by atoms with Crippen molar-refractivity contribution in [1.82, 2.24) is 0 Å². The highest BCUT2D eigenvalue weighted by molar-refractivity contribution is 5.83. The van der Waals surface area contributed by atoms with Gasteiger partial charge in [-0.15, -0.1) is 0 Å². The van der Waals surface area contributed by atoms with Crippen LogP contribution in [-0.4, -0.2) is 55.6 Å². The summed E-state index contributed by atoms with van der Waals surface area (Å²) in [7, 11) is 0. The predicted molar refractivity (Wildman–Crippen MR) is 40.6 cm³/mol. The van der Waals surface area contributed by atoms with Crippen LogP contribution >= 0.6 is 0 Å². The topological polar surface area (TPSA) is 152 Å². The van der Waals surface area contributed by atoms with E-state index in [1.165, 1.54) is 0 Å². The molecule has 14 heavy (non-hydrogen) atoms. The van der Waals surface area contributed by atoms with Crippen molar-refractivity contribution in [2.24, 2.45) is 0 Å². The minimum atomic E-state index is -2.27. The zero-order valence-corrected chi connectivity index (χ0v) is 7.12. The third kappa shape index (κ3) is 8.43. The van der Waals surface area contributed by atoms with E-state index in [-0.39, 0.29) is 0 Å². The van der Waals surface area contributed by atoms with Gasteiger partial charge in [0.25, 0.3) is 5.97 Å². The Morgan fingerprint density at radius 1 is 0.857 bits per heavy atom. The largest absolute Gasteiger partial charge is 0.481 e. The van der Waals surface area contributed by atoms with Gasteiger partial charge in [-0.1, -0.05) is 0 Å². The summed E-state index contributed by atoms with van der Waals surface area (Å²) >= 11 is 0. The molecule has 0 rings (SSSR count). The molecule has 0 radical (unpaired) electrons. The van der Waals surface area contributed by atoms with Gasteiger partial charge in [0, 0.05) is 6.92 Å². The van der Waals surface area contributed by atoms with Crippen molar-refractivity contribution >= 4 is 17.9 Å². The normalized spacial score (nSPS) is 13.1. The van der Waals surface area contributed by atoms with Gasteiger partial charge in [-0.3, -0.25) is 4.79 Å². The number of aliphatic hydroxyl groups excluding tert-OH is 2. The SMILES string of the molecule is CC(=O)O.O=C(O)C(O)C(O)C(=O)O. The number of carboxylic acids is 3. The monoisotopic (exact) mass is 210 g/mol. The maximum Gasteiger partial charge on any atom is 0.335 e. The van der Waals surface area contributed by atoms with Gasteiger partial charge in [0.05, 0.1) is 0 Å². The third-order valence-corrected chi connectivity index (χ3v) is 0.805. The molecular formula is C6H10O8. The maximum absolute atomic E-state index is 9.77. The summed E-state index contributed by atoms with van der Waals surface area (Å²) in [6, 6.07) is 0. The predicted octanol–water partition coefficient (Wildman–Crippen LogP) is -2.03. The second-order valence-corrected chi connectivity index (χ2v) is 2.09. The highest BCUT2D eigenvalue weighted by Gasteiger charge is 2.29. The first-order valence-electron chi connectivity index (χ1n) is 3.21. The molecule has 5 N–H and O–H groups in total. The van der Waals surface area contributed by atoms with Crippen molar-refractivity contribution in [3.63, 3.8) is 0 Å². The summed E-state index contributed by atoms with van der Waals surface area (Å²) in [5, 5.41) is 39.9. The number of carbonyl (C=O) groups is 3. The average Bonchev–Trinajstić information content (AvgIpc) is 2.00. The molecular weight excluding hydrogens is 200 g/mol. The van der Waals surface area contributed by atoms with Crippen molar-refractivity contribution in [1.29, 1.82) is 0 Å². The Labute approximate surface area is 78.0 Å². The zero-order valence-electron chi connectivity index (χ0n) is 7.12. The lowest BCUT2D eigenvalue weighted by Crippen LogP contribution is -2.39. The lowest BCUT2D eigenvalue weighted by atomic mass is 10.2. The lowest BCUT2D eigenvalue weighted by Gasteiger charge is -2.07. The summed E-state index contributed by atoms with van der Waals surface area (Å²) < 4.78 is 0. The third-order valence-electron chi connectivity index (χ3n) is 0.805. The Bertz CT molecular complexity index is 200. The minimum absolute atomic E-state index is 0.833. The second kappa shape index (κ2) is 6.80. The smallest absolute Gasteiger partial charge is 0.335 e. The Balaban J connectivity index is 0. The summed E-state index contributed by atoms with van der Waals surface area (Å²) in [5.41, 5.74) is 0. The molecule has 0 aromatic rings. The minimum Gasteiger partial charge on any atom is -0.481 e. The molecule has 0 spiro atoms. The molecule has 0 saturated heterocycles. The van der Waals surface area contributed by atoms with Gasteiger partial charge in [-0.2, -0.15) is 0 Å². The van der Waals surface area contributed by atoms with Crippen molar-refractivity contribution in [2.75, 3.05) is 0 Å². The van der Waals surface area contributed by atoms with Gasteiger partial charge in [0.15, 0.2) is 12.2 Å². The summed E-state index contributed by atoms with van der Waals surface area (Å²) in [5.74, 6) is -4.37. The van der Waals surface area contributed by atoms with Crippen LogP contribution in [0.25, 0.3) is 0 Å². The van der Waals surface area contributed by atoms with Gasteiger partial charge in [-0.05, 0) is 0 Å². The molecule has 0 saturated carbocycles. The van der Waals surface area contributed by atoms with E-state index < -0.39 is 30.1 Å². The van der Waals surface area contributed by atoms with E-state index in [1.807, 2.05) is 0 Å². The van der Waals surface area contributed by atoms with E-state index in [1.54, 1.807) is 0 Å². The van der Waals surface area contributed by atoms with Crippen LogP contribution in [-0.2, 0) is 14.4 Å². The molecule has 0 aliphatic rings. The molecule has 0 aromatic carbocycles. The fourth-order valence-corrected chi connectivity index (χ4v) is 0.270. The van der Waals surface area contributed by atoms with Crippen molar-refractivity contribution in [2.45, 2.75) is 19.1 Å². The van der Waals surface area contributed by atoms with Crippen molar-refractivity contribution in [3.05, 3.63) is 0 Å². The van der Waals surface area contributed by atoms with Gasteiger partial charge < -0.3 is 25.5 Å². The standard InChI is InChI=1S/C4H6O6.C2H4O2/c5-1(3(7)8)2(6)4(9)10;1-2(3)4/h1-2,5-6H,(H,7,8)(H,9,10);1H3,(H,3,4). The summed E-state index contributed by atoms with van der Waals surface area (Å²) in [6.07, 6.45) is -4.53. The molecule has 0 fully saturated rings. The first-order chi connectivity index (χ1) is 6.20. The molecule has 0 heterocycles. The first kappa shape index (κ1) is 14.8. The molecule has 0 aliphatic carbocycles. The Hall–Kier alpha value is -1.67. The van der Waals surface area contributed by atoms with Gasteiger partial charge in [0.2, 0.25) is 0 Å². The summed E-state index contributed by atoms with van der Waals surface area (Å²) in [4.78, 5) is 28.5. The van der Waals surface area contributed by atoms with Crippen LogP contribution in [0.15, 0.2) is 0 Å². The highest BCUT2D eigenvalue weighted by atomic mass is 16.4. The van der Waals surface area contributed by atoms with Gasteiger partial charge in [-0.25, -0.2) is 9.59 Å². The van der Waals surface area contributed by atoms with E-state index in [0.717, 1.165) is 6.92 Å². The first-order valence-corrected chi connectivity index (χ1v) is 3.21. The fraction of sp³-hybridized carbons (Fsp3) is 0.500. The van der Waals surface area contributed by atoms with Crippen LogP contribution in [0.2, 0.25) is 0 Å². The van der Waals surface area contributed by atoms with E-state index in [4.69, 9.17) is 30.3 Å². The fourth-order valence-electron chi connectivity index (χ4n) is 0.270. The zero-order chi connectivity index (χ0) is 11.9. The van der Waals surface area contributed by atoms with Crippen LogP contribution < -0.4 is 0 Å². The van der Waals surface area contributed by atoms with Gasteiger partial charge in [0.1, 0.15) is 0 Å². The van der Waals surface area contributed by atoms with Crippen LogP contribution in [0.5, 0.6) is 0 Å². The summed E-state index contributed by atoms with van der Waals surface area (Å²) in [6.45, 7) is 1.08. The number of hydrogen-bond acceptors (Lipinski definition) is 5. The highest BCUT2D eigenvalue weighted by Crippen LogP contribution is 1.92. The molecule has 0 aromatic heterocycles. The van der Waals surface area contributed by atoms with Crippen LogP contribution in [0.4, 0.5) is 0 Å². The Kier molecular flexibility index (Phi) is 7.21.